The largest absolute Gasteiger partial charge is 0.490 e. The van der Waals surface area contributed by atoms with Gasteiger partial charge in [-0.3, -0.25) is 0 Å². The van der Waals surface area contributed by atoms with Crippen LogP contribution in [-0.4, -0.2) is 15.0 Å². The van der Waals surface area contributed by atoms with Crippen molar-refractivity contribution >= 4 is 9.84 Å². The number of para-hydroxylation sites is 1. The molecule has 0 N–H and O–H groups in total. The standard InChI is InChI=1S/C19H20O3S/c1-3-18(13-9-15-22-17-11-5-4-6-12-17)23(20,21)19-14-8-7-10-16(19)2/h3-14H,15H2,1-2H3/b13-9-,18-3+. The molecule has 0 saturated carbocycles. The van der Waals surface area contributed by atoms with E-state index in [1.165, 1.54) is 0 Å². The molecule has 0 spiro atoms. The number of benzene rings is 2. The van der Waals surface area contributed by atoms with Gasteiger partial charge in [-0.2, -0.15) is 0 Å². The van der Waals surface area contributed by atoms with E-state index in [1.54, 1.807) is 50.3 Å². The highest BCUT2D eigenvalue weighted by molar-refractivity contribution is 7.95. The molecular formula is C19H20O3S. The number of aryl methyl sites for hydroxylation is 1. The molecule has 2 rings (SSSR count). The van der Waals surface area contributed by atoms with Crippen molar-refractivity contribution in [1.29, 1.82) is 0 Å². The van der Waals surface area contributed by atoms with E-state index in [0.29, 0.717) is 11.5 Å². The Labute approximate surface area is 137 Å². The highest BCUT2D eigenvalue weighted by Crippen LogP contribution is 2.23. The van der Waals surface area contributed by atoms with E-state index in [2.05, 4.69) is 0 Å². The summed E-state index contributed by atoms with van der Waals surface area (Å²) in [6.07, 6.45) is 4.89. The molecule has 0 unspecified atom stereocenters. The maximum Gasteiger partial charge on any atom is 0.206 e. The second kappa shape index (κ2) is 7.79. The van der Waals surface area contributed by atoms with Crippen LogP contribution in [0.2, 0.25) is 0 Å². The smallest absolute Gasteiger partial charge is 0.206 e. The summed E-state index contributed by atoms with van der Waals surface area (Å²) in [7, 11) is -3.51. The van der Waals surface area contributed by atoms with Gasteiger partial charge in [0, 0.05) is 0 Å². The minimum Gasteiger partial charge on any atom is -0.490 e. The first-order valence-corrected chi connectivity index (χ1v) is 8.85. The van der Waals surface area contributed by atoms with Crippen LogP contribution in [-0.2, 0) is 9.84 Å². The van der Waals surface area contributed by atoms with Crippen molar-refractivity contribution in [1.82, 2.24) is 0 Å². The molecule has 0 atom stereocenters. The van der Waals surface area contributed by atoms with E-state index < -0.39 is 9.84 Å². The lowest BCUT2D eigenvalue weighted by Crippen LogP contribution is -2.05. The van der Waals surface area contributed by atoms with Crippen LogP contribution in [0.15, 0.2) is 82.6 Å². The van der Waals surface area contributed by atoms with E-state index in [4.69, 9.17) is 4.74 Å². The maximum atomic E-state index is 12.7. The monoisotopic (exact) mass is 328 g/mol. The fraction of sp³-hybridized carbons (Fsp3) is 0.158. The van der Waals surface area contributed by atoms with Crippen LogP contribution in [0.1, 0.15) is 12.5 Å². The van der Waals surface area contributed by atoms with Gasteiger partial charge in [-0.1, -0.05) is 42.5 Å². The lowest BCUT2D eigenvalue weighted by Gasteiger charge is -2.08. The molecule has 0 radical (unpaired) electrons. The Morgan fingerprint density at radius 1 is 1.04 bits per heavy atom. The zero-order valence-electron chi connectivity index (χ0n) is 13.3. The minimum absolute atomic E-state index is 0.267. The summed E-state index contributed by atoms with van der Waals surface area (Å²) in [6, 6.07) is 16.4. The van der Waals surface area contributed by atoms with Crippen molar-refractivity contribution in [2.75, 3.05) is 6.61 Å². The summed E-state index contributed by atoms with van der Waals surface area (Å²) in [5.41, 5.74) is 0.737. The molecule has 0 aliphatic heterocycles. The van der Waals surface area contributed by atoms with Crippen LogP contribution in [0.4, 0.5) is 0 Å². The van der Waals surface area contributed by atoms with Crippen LogP contribution in [0, 0.1) is 6.92 Å². The van der Waals surface area contributed by atoms with Gasteiger partial charge in [0.05, 0.1) is 9.80 Å². The number of rotatable bonds is 6. The highest BCUT2D eigenvalue weighted by atomic mass is 32.2. The lowest BCUT2D eigenvalue weighted by atomic mass is 10.2. The average molecular weight is 328 g/mol. The molecule has 0 aromatic heterocycles. The Morgan fingerprint density at radius 2 is 1.70 bits per heavy atom. The van der Waals surface area contributed by atoms with Crippen LogP contribution in [0.3, 0.4) is 0 Å². The van der Waals surface area contributed by atoms with Crippen molar-refractivity contribution < 1.29 is 13.2 Å². The third kappa shape index (κ3) is 4.33. The van der Waals surface area contributed by atoms with Gasteiger partial charge in [-0.15, -0.1) is 0 Å². The van der Waals surface area contributed by atoms with Crippen molar-refractivity contribution in [2.45, 2.75) is 18.7 Å². The molecule has 0 bridgehead atoms. The number of hydrogen-bond donors (Lipinski definition) is 0. The Morgan fingerprint density at radius 3 is 2.35 bits per heavy atom. The first kappa shape index (κ1) is 17.0. The first-order valence-electron chi connectivity index (χ1n) is 7.37. The van der Waals surface area contributed by atoms with Crippen molar-refractivity contribution in [3.05, 3.63) is 83.3 Å². The van der Waals surface area contributed by atoms with E-state index in [0.717, 1.165) is 11.3 Å². The van der Waals surface area contributed by atoms with Gasteiger partial charge in [-0.25, -0.2) is 8.42 Å². The third-order valence-electron chi connectivity index (χ3n) is 3.35. The molecule has 3 nitrogen and oxygen atoms in total. The number of sulfone groups is 1. The fourth-order valence-corrected chi connectivity index (χ4v) is 3.74. The molecule has 0 aliphatic carbocycles. The van der Waals surface area contributed by atoms with Crippen LogP contribution >= 0.6 is 0 Å². The minimum atomic E-state index is -3.51. The molecule has 0 heterocycles. The topological polar surface area (TPSA) is 43.4 Å². The molecule has 4 heteroatoms. The highest BCUT2D eigenvalue weighted by Gasteiger charge is 2.19. The normalized spacial score (nSPS) is 12.5. The molecule has 120 valence electrons. The Kier molecular flexibility index (Phi) is 5.77. The summed E-state index contributed by atoms with van der Waals surface area (Å²) in [5.74, 6) is 0.751. The zero-order chi connectivity index (χ0) is 16.7. The molecular weight excluding hydrogens is 308 g/mol. The Bertz CT molecular complexity index is 804. The Balaban J connectivity index is 2.11. The van der Waals surface area contributed by atoms with Gasteiger partial charge in [0.15, 0.2) is 0 Å². The van der Waals surface area contributed by atoms with Crippen molar-refractivity contribution in [2.24, 2.45) is 0 Å². The average Bonchev–Trinajstić information content (AvgIpc) is 2.56. The summed E-state index contributed by atoms with van der Waals surface area (Å²) >= 11 is 0. The van der Waals surface area contributed by atoms with Gasteiger partial charge in [0.25, 0.3) is 0 Å². The summed E-state index contributed by atoms with van der Waals surface area (Å²) in [6.45, 7) is 3.82. The van der Waals surface area contributed by atoms with E-state index in [1.807, 2.05) is 36.4 Å². The summed E-state index contributed by atoms with van der Waals surface area (Å²) in [5, 5.41) is 0. The maximum absolute atomic E-state index is 12.7. The third-order valence-corrected chi connectivity index (χ3v) is 5.38. The van der Waals surface area contributed by atoms with E-state index >= 15 is 0 Å². The molecule has 2 aromatic rings. The predicted molar refractivity (Wildman–Crippen MR) is 93.2 cm³/mol. The molecule has 0 fully saturated rings. The Hall–Kier alpha value is -2.33. The van der Waals surface area contributed by atoms with Gasteiger partial charge in [0.1, 0.15) is 12.4 Å². The molecule has 0 aliphatic rings. The number of ether oxygens (including phenoxy) is 1. The van der Waals surface area contributed by atoms with Crippen molar-refractivity contribution in [3.63, 3.8) is 0 Å². The quantitative estimate of drug-likeness (QED) is 0.742. The fourth-order valence-electron chi connectivity index (χ4n) is 2.15. The zero-order valence-corrected chi connectivity index (χ0v) is 14.1. The second-order valence-corrected chi connectivity index (χ2v) is 6.90. The van der Waals surface area contributed by atoms with Crippen LogP contribution in [0.25, 0.3) is 0 Å². The van der Waals surface area contributed by atoms with Gasteiger partial charge < -0.3 is 4.74 Å². The molecule has 2 aromatic carbocycles. The second-order valence-electron chi connectivity index (χ2n) is 4.99. The first-order chi connectivity index (χ1) is 11.1. The molecule has 0 amide bonds. The predicted octanol–water partition coefficient (Wildman–Crippen LogP) is 4.31. The van der Waals surface area contributed by atoms with Gasteiger partial charge in [-0.05, 0) is 49.8 Å². The van der Waals surface area contributed by atoms with Gasteiger partial charge >= 0.3 is 0 Å². The SMILES string of the molecule is C/C=C(\C=C/COc1ccccc1)S(=O)(=O)c1ccccc1C. The van der Waals surface area contributed by atoms with Crippen molar-refractivity contribution in [3.8, 4) is 5.75 Å². The van der Waals surface area contributed by atoms with Crippen LogP contribution in [0.5, 0.6) is 5.75 Å². The van der Waals surface area contributed by atoms with E-state index in [9.17, 15) is 8.42 Å². The summed E-state index contributed by atoms with van der Waals surface area (Å²) < 4.78 is 30.9. The van der Waals surface area contributed by atoms with E-state index in [-0.39, 0.29) is 4.91 Å². The summed E-state index contributed by atoms with van der Waals surface area (Å²) in [4.78, 5) is 0.602. The number of allylic oxidation sites excluding steroid dienone is 2. The van der Waals surface area contributed by atoms with Crippen LogP contribution < -0.4 is 4.74 Å². The van der Waals surface area contributed by atoms with Gasteiger partial charge in [0.2, 0.25) is 9.84 Å². The molecule has 0 saturated heterocycles. The lowest BCUT2D eigenvalue weighted by molar-refractivity contribution is 0.363. The number of hydrogen-bond acceptors (Lipinski definition) is 3. The molecule has 23 heavy (non-hydrogen) atoms.